The molecule has 1 aromatic carbocycles. The Labute approximate surface area is 124 Å². The molecule has 1 aliphatic heterocycles. The third-order valence-electron chi connectivity index (χ3n) is 3.19. The summed E-state index contributed by atoms with van der Waals surface area (Å²) in [6.45, 7) is 7.12. The molecule has 0 unspecified atom stereocenters. The highest BCUT2D eigenvalue weighted by Gasteiger charge is 2.31. The summed E-state index contributed by atoms with van der Waals surface area (Å²) < 4.78 is 5.30. The quantitative estimate of drug-likeness (QED) is 0.882. The molecule has 1 aromatic rings. The number of alkyl carbamates (subject to hydrolysis) is 1. The zero-order chi connectivity index (χ0) is 14.8. The van der Waals surface area contributed by atoms with Gasteiger partial charge in [-0.3, -0.25) is 0 Å². The SMILES string of the molecule is CC(C)(C)OC(=O)N[C@@H]1CNC[C@H]1c1cccc(Cl)c1. The number of carbonyl (C=O) groups excluding carboxylic acids is 1. The van der Waals surface area contributed by atoms with E-state index in [1.807, 2.05) is 45.0 Å². The Bertz CT molecular complexity index is 485. The molecular formula is C15H21ClN2O2. The Balaban J connectivity index is 2.03. The molecular weight excluding hydrogens is 276 g/mol. The van der Waals surface area contributed by atoms with Crippen molar-refractivity contribution in [2.45, 2.75) is 38.3 Å². The average Bonchev–Trinajstić information content (AvgIpc) is 2.74. The van der Waals surface area contributed by atoms with Crippen LogP contribution >= 0.6 is 11.6 Å². The lowest BCUT2D eigenvalue weighted by atomic mass is 9.94. The van der Waals surface area contributed by atoms with Crippen LogP contribution in [0.4, 0.5) is 4.79 Å². The molecule has 0 spiro atoms. The number of ether oxygens (including phenoxy) is 1. The lowest BCUT2D eigenvalue weighted by Crippen LogP contribution is -2.42. The summed E-state index contributed by atoms with van der Waals surface area (Å²) in [4.78, 5) is 11.9. The van der Waals surface area contributed by atoms with Gasteiger partial charge >= 0.3 is 6.09 Å². The van der Waals surface area contributed by atoms with Gasteiger partial charge in [0.15, 0.2) is 0 Å². The van der Waals surface area contributed by atoms with E-state index in [1.165, 1.54) is 0 Å². The summed E-state index contributed by atoms with van der Waals surface area (Å²) in [5.41, 5.74) is 0.644. The summed E-state index contributed by atoms with van der Waals surface area (Å²) in [5, 5.41) is 6.95. The maximum atomic E-state index is 11.9. The van der Waals surface area contributed by atoms with Crippen LogP contribution < -0.4 is 10.6 Å². The predicted molar refractivity (Wildman–Crippen MR) is 80.2 cm³/mol. The lowest BCUT2D eigenvalue weighted by Gasteiger charge is -2.24. The maximum Gasteiger partial charge on any atom is 0.407 e. The summed E-state index contributed by atoms with van der Waals surface area (Å²) in [6, 6.07) is 7.78. The molecule has 0 aliphatic carbocycles. The smallest absolute Gasteiger partial charge is 0.407 e. The number of benzene rings is 1. The van der Waals surface area contributed by atoms with Gasteiger partial charge in [0.25, 0.3) is 0 Å². The van der Waals surface area contributed by atoms with Gasteiger partial charge in [-0.25, -0.2) is 4.79 Å². The normalized spacial score (nSPS) is 22.6. The topological polar surface area (TPSA) is 50.4 Å². The average molecular weight is 297 g/mol. The second-order valence-corrected chi connectivity index (χ2v) is 6.51. The van der Waals surface area contributed by atoms with Crippen LogP contribution in [0.3, 0.4) is 0 Å². The highest BCUT2D eigenvalue weighted by Crippen LogP contribution is 2.25. The number of carbonyl (C=O) groups is 1. The monoisotopic (exact) mass is 296 g/mol. The molecule has 5 heteroatoms. The molecule has 1 saturated heterocycles. The second kappa shape index (κ2) is 6.02. The van der Waals surface area contributed by atoms with E-state index in [0.29, 0.717) is 5.02 Å². The van der Waals surface area contributed by atoms with Crippen molar-refractivity contribution in [3.63, 3.8) is 0 Å². The summed E-state index contributed by atoms with van der Waals surface area (Å²) in [6.07, 6.45) is -0.377. The zero-order valence-electron chi connectivity index (χ0n) is 12.1. The van der Waals surface area contributed by atoms with Gasteiger partial charge in [0.2, 0.25) is 0 Å². The third kappa shape index (κ3) is 4.12. The molecule has 20 heavy (non-hydrogen) atoms. The maximum absolute atomic E-state index is 11.9. The molecule has 1 aliphatic rings. The largest absolute Gasteiger partial charge is 0.444 e. The van der Waals surface area contributed by atoms with Crippen molar-refractivity contribution in [3.8, 4) is 0 Å². The highest BCUT2D eigenvalue weighted by atomic mass is 35.5. The molecule has 0 aromatic heterocycles. The van der Waals surface area contributed by atoms with Crippen LogP contribution in [0, 0.1) is 0 Å². The Hall–Kier alpha value is -1.26. The van der Waals surface area contributed by atoms with Crippen molar-refractivity contribution >= 4 is 17.7 Å². The van der Waals surface area contributed by atoms with E-state index in [4.69, 9.17) is 16.3 Å². The van der Waals surface area contributed by atoms with Gasteiger partial charge in [0.1, 0.15) is 5.60 Å². The van der Waals surface area contributed by atoms with Gasteiger partial charge in [-0.15, -0.1) is 0 Å². The first-order chi connectivity index (χ1) is 9.35. The van der Waals surface area contributed by atoms with E-state index >= 15 is 0 Å². The molecule has 0 bridgehead atoms. The Morgan fingerprint density at radius 3 is 2.80 bits per heavy atom. The minimum atomic E-state index is -0.484. The first kappa shape index (κ1) is 15.1. The first-order valence-corrected chi connectivity index (χ1v) is 7.18. The number of amides is 1. The molecule has 110 valence electrons. The number of nitrogens with one attached hydrogen (secondary N) is 2. The zero-order valence-corrected chi connectivity index (χ0v) is 12.8. The number of hydrogen-bond donors (Lipinski definition) is 2. The lowest BCUT2D eigenvalue weighted by molar-refractivity contribution is 0.0504. The molecule has 2 N–H and O–H groups in total. The van der Waals surface area contributed by atoms with E-state index in [2.05, 4.69) is 10.6 Å². The Morgan fingerprint density at radius 2 is 2.15 bits per heavy atom. The standard InChI is InChI=1S/C15H21ClN2O2/c1-15(2,3)20-14(19)18-13-9-17-8-12(13)10-5-4-6-11(16)7-10/h4-7,12-13,17H,8-9H2,1-3H3,(H,18,19)/t12-,13+/m0/s1. The fraction of sp³-hybridized carbons (Fsp3) is 0.533. The third-order valence-corrected chi connectivity index (χ3v) is 3.43. The van der Waals surface area contributed by atoms with Crippen LogP contribution in [-0.2, 0) is 4.74 Å². The fourth-order valence-electron chi connectivity index (χ4n) is 2.38. The van der Waals surface area contributed by atoms with Gasteiger partial charge in [0.05, 0.1) is 6.04 Å². The van der Waals surface area contributed by atoms with Gasteiger partial charge in [-0.05, 0) is 38.5 Å². The fourth-order valence-corrected chi connectivity index (χ4v) is 2.58. The number of hydrogen-bond acceptors (Lipinski definition) is 3. The van der Waals surface area contributed by atoms with Crippen molar-refractivity contribution in [1.82, 2.24) is 10.6 Å². The van der Waals surface area contributed by atoms with Crippen LogP contribution in [0.25, 0.3) is 0 Å². The van der Waals surface area contributed by atoms with E-state index in [-0.39, 0.29) is 18.1 Å². The van der Waals surface area contributed by atoms with E-state index in [9.17, 15) is 4.79 Å². The molecule has 0 radical (unpaired) electrons. The Morgan fingerprint density at radius 1 is 1.40 bits per heavy atom. The van der Waals surface area contributed by atoms with E-state index in [1.54, 1.807) is 0 Å². The molecule has 4 nitrogen and oxygen atoms in total. The van der Waals surface area contributed by atoms with Crippen molar-refractivity contribution in [2.75, 3.05) is 13.1 Å². The molecule has 0 saturated carbocycles. The minimum absolute atomic E-state index is 0.0170. The van der Waals surface area contributed by atoms with Crippen molar-refractivity contribution in [3.05, 3.63) is 34.9 Å². The molecule has 1 amide bonds. The second-order valence-electron chi connectivity index (χ2n) is 6.07. The van der Waals surface area contributed by atoms with Gasteiger partial charge in [-0.1, -0.05) is 23.7 Å². The Kier molecular flexibility index (Phi) is 4.55. The van der Waals surface area contributed by atoms with Gasteiger partial charge in [-0.2, -0.15) is 0 Å². The minimum Gasteiger partial charge on any atom is -0.444 e. The molecule has 2 atom stereocenters. The summed E-state index contributed by atoms with van der Waals surface area (Å²) >= 11 is 6.03. The molecule has 2 rings (SSSR count). The van der Waals surface area contributed by atoms with Crippen molar-refractivity contribution in [2.24, 2.45) is 0 Å². The van der Waals surface area contributed by atoms with E-state index < -0.39 is 5.60 Å². The summed E-state index contributed by atoms with van der Waals surface area (Å²) in [7, 11) is 0. The van der Waals surface area contributed by atoms with Crippen molar-refractivity contribution in [1.29, 1.82) is 0 Å². The van der Waals surface area contributed by atoms with Crippen LogP contribution in [0.5, 0.6) is 0 Å². The van der Waals surface area contributed by atoms with E-state index in [0.717, 1.165) is 18.7 Å². The number of halogens is 1. The molecule has 1 fully saturated rings. The first-order valence-electron chi connectivity index (χ1n) is 6.81. The van der Waals surface area contributed by atoms with Gasteiger partial charge < -0.3 is 15.4 Å². The van der Waals surface area contributed by atoms with Crippen LogP contribution in [0.15, 0.2) is 24.3 Å². The van der Waals surface area contributed by atoms with Crippen molar-refractivity contribution < 1.29 is 9.53 Å². The molecule has 1 heterocycles. The van der Waals surface area contributed by atoms with Crippen LogP contribution in [0.2, 0.25) is 5.02 Å². The van der Waals surface area contributed by atoms with Gasteiger partial charge in [0, 0.05) is 24.0 Å². The highest BCUT2D eigenvalue weighted by molar-refractivity contribution is 6.30. The predicted octanol–water partition coefficient (Wildman–Crippen LogP) is 2.92. The van der Waals surface area contributed by atoms with Crippen LogP contribution in [-0.4, -0.2) is 30.8 Å². The number of rotatable bonds is 2. The van der Waals surface area contributed by atoms with Crippen LogP contribution in [0.1, 0.15) is 32.3 Å². The summed E-state index contributed by atoms with van der Waals surface area (Å²) in [5.74, 6) is 0.209.